The Balaban J connectivity index is 2.65. The zero-order valence-corrected chi connectivity index (χ0v) is 9.60. The molecule has 0 heterocycles. The minimum absolute atomic E-state index is 0.288. The van der Waals surface area contributed by atoms with Crippen molar-refractivity contribution in [3.05, 3.63) is 29.8 Å². The normalized spacial score (nSPS) is 11.9. The van der Waals surface area contributed by atoms with Crippen molar-refractivity contribution in [1.82, 2.24) is 0 Å². The van der Waals surface area contributed by atoms with Gasteiger partial charge in [0.1, 0.15) is 5.75 Å². The highest BCUT2D eigenvalue weighted by molar-refractivity contribution is 5.82. The average Bonchev–Trinajstić information content (AvgIpc) is 2.29. The Bertz CT molecular complexity index is 371. The lowest BCUT2D eigenvalue weighted by atomic mass is 10.1. The van der Waals surface area contributed by atoms with E-state index >= 15 is 0 Å². The number of carbonyl (C=O) groups is 2. The summed E-state index contributed by atoms with van der Waals surface area (Å²) < 4.78 is 5.14. The molecule has 1 atom stereocenters. The summed E-state index contributed by atoms with van der Waals surface area (Å²) in [4.78, 5) is 22.2. The number of benzene rings is 1. The summed E-state index contributed by atoms with van der Waals surface area (Å²) in [5.41, 5.74) is 0.403. The molecule has 1 rings (SSSR count). The van der Waals surface area contributed by atoms with Crippen molar-refractivity contribution in [1.29, 1.82) is 0 Å². The average molecular weight is 220 g/mol. The van der Waals surface area contributed by atoms with Gasteiger partial charge in [0.25, 0.3) is 0 Å². The van der Waals surface area contributed by atoms with Gasteiger partial charge >= 0.3 is 5.97 Å². The van der Waals surface area contributed by atoms with Crippen LogP contribution in [0.4, 0.5) is 0 Å². The second kappa shape index (κ2) is 6.05. The summed E-state index contributed by atoms with van der Waals surface area (Å²) in [6.45, 7) is 4.02. The first-order valence-corrected chi connectivity index (χ1v) is 5.42. The minimum Gasteiger partial charge on any atom is -0.426 e. The monoisotopic (exact) mass is 220 g/mol. The maximum Gasteiger partial charge on any atom is 0.311 e. The lowest BCUT2D eigenvalue weighted by molar-refractivity contribution is -0.135. The second-order valence-corrected chi connectivity index (χ2v) is 3.85. The molecule has 0 saturated carbocycles. The second-order valence-electron chi connectivity index (χ2n) is 3.85. The first kappa shape index (κ1) is 12.4. The van der Waals surface area contributed by atoms with Gasteiger partial charge in [-0.15, -0.1) is 0 Å². The fourth-order valence-electron chi connectivity index (χ4n) is 1.26. The molecular weight excluding hydrogens is 204 g/mol. The summed E-state index contributed by atoms with van der Waals surface area (Å²) in [5.74, 6) is 0.352. The van der Waals surface area contributed by atoms with E-state index in [1.807, 2.05) is 13.8 Å². The molecular formula is C13H16O3. The lowest BCUT2D eigenvalue weighted by Gasteiger charge is -2.09. The van der Waals surface area contributed by atoms with Gasteiger partial charge in [0.15, 0.2) is 6.29 Å². The van der Waals surface area contributed by atoms with Gasteiger partial charge in [-0.3, -0.25) is 9.59 Å². The van der Waals surface area contributed by atoms with E-state index in [1.165, 1.54) is 0 Å². The minimum atomic E-state index is -0.288. The molecule has 0 aliphatic carbocycles. The van der Waals surface area contributed by atoms with Crippen LogP contribution in [-0.4, -0.2) is 12.3 Å². The molecule has 0 fully saturated rings. The molecule has 86 valence electrons. The van der Waals surface area contributed by atoms with Crippen molar-refractivity contribution in [3.63, 3.8) is 0 Å². The van der Waals surface area contributed by atoms with Gasteiger partial charge in [-0.25, -0.2) is 0 Å². The number of esters is 1. The van der Waals surface area contributed by atoms with Crippen molar-refractivity contribution < 1.29 is 14.3 Å². The number of aldehydes is 1. The van der Waals surface area contributed by atoms with E-state index in [0.29, 0.717) is 29.9 Å². The highest BCUT2D eigenvalue weighted by Crippen LogP contribution is 2.17. The lowest BCUT2D eigenvalue weighted by Crippen LogP contribution is -2.12. The maximum absolute atomic E-state index is 11.5. The summed E-state index contributed by atoms with van der Waals surface area (Å²) in [5, 5.41) is 0. The SMILES string of the molecule is CCC(C)CC(=O)Oc1ccccc1C=O. The predicted molar refractivity (Wildman–Crippen MR) is 61.5 cm³/mol. The fraction of sp³-hybridized carbons (Fsp3) is 0.385. The first-order chi connectivity index (χ1) is 7.67. The third kappa shape index (κ3) is 3.50. The molecule has 1 aromatic rings. The molecule has 0 amide bonds. The first-order valence-electron chi connectivity index (χ1n) is 5.42. The third-order valence-corrected chi connectivity index (χ3v) is 2.48. The van der Waals surface area contributed by atoms with Crippen molar-refractivity contribution >= 4 is 12.3 Å². The summed E-state index contributed by atoms with van der Waals surface area (Å²) in [7, 11) is 0. The molecule has 16 heavy (non-hydrogen) atoms. The zero-order chi connectivity index (χ0) is 12.0. The van der Waals surface area contributed by atoms with Crippen LogP contribution in [0.3, 0.4) is 0 Å². The number of carbonyl (C=O) groups excluding carboxylic acids is 2. The smallest absolute Gasteiger partial charge is 0.311 e. The Morgan fingerprint density at radius 1 is 1.44 bits per heavy atom. The Morgan fingerprint density at radius 3 is 2.75 bits per heavy atom. The quantitative estimate of drug-likeness (QED) is 0.435. The largest absolute Gasteiger partial charge is 0.426 e. The van der Waals surface area contributed by atoms with Crippen molar-refractivity contribution in [2.75, 3.05) is 0 Å². The summed E-state index contributed by atoms with van der Waals surface area (Å²) in [6, 6.07) is 6.71. The van der Waals surface area contributed by atoms with E-state index in [1.54, 1.807) is 24.3 Å². The van der Waals surface area contributed by atoms with Gasteiger partial charge in [0.2, 0.25) is 0 Å². The standard InChI is InChI=1S/C13H16O3/c1-3-10(2)8-13(15)16-12-7-5-4-6-11(12)9-14/h4-7,9-10H,3,8H2,1-2H3. The molecule has 3 heteroatoms. The van der Waals surface area contributed by atoms with Crippen LogP contribution >= 0.6 is 0 Å². The van der Waals surface area contributed by atoms with Crippen molar-refractivity contribution in [3.8, 4) is 5.75 Å². The Labute approximate surface area is 95.4 Å². The number of para-hydroxylation sites is 1. The molecule has 0 aromatic heterocycles. The highest BCUT2D eigenvalue weighted by atomic mass is 16.5. The Kier molecular flexibility index (Phi) is 4.70. The van der Waals surface area contributed by atoms with E-state index in [2.05, 4.69) is 0 Å². The zero-order valence-electron chi connectivity index (χ0n) is 9.60. The van der Waals surface area contributed by atoms with Crippen LogP contribution in [0.25, 0.3) is 0 Å². The van der Waals surface area contributed by atoms with Gasteiger partial charge in [0, 0.05) is 6.42 Å². The molecule has 3 nitrogen and oxygen atoms in total. The van der Waals surface area contributed by atoms with E-state index < -0.39 is 0 Å². The number of hydrogen-bond acceptors (Lipinski definition) is 3. The molecule has 0 aliphatic rings. The van der Waals surface area contributed by atoms with Crippen LogP contribution in [0.5, 0.6) is 5.75 Å². The van der Waals surface area contributed by atoms with Crippen LogP contribution in [0.1, 0.15) is 37.0 Å². The molecule has 1 aromatic carbocycles. The molecule has 0 N–H and O–H groups in total. The van der Waals surface area contributed by atoms with Gasteiger partial charge in [-0.1, -0.05) is 32.4 Å². The number of hydrogen-bond donors (Lipinski definition) is 0. The summed E-state index contributed by atoms with van der Waals surface area (Å²) in [6.07, 6.45) is 2.00. The molecule has 0 aliphatic heterocycles. The van der Waals surface area contributed by atoms with E-state index in [-0.39, 0.29) is 5.97 Å². The predicted octanol–water partition coefficient (Wildman–Crippen LogP) is 2.84. The fourth-order valence-corrected chi connectivity index (χ4v) is 1.26. The van der Waals surface area contributed by atoms with Gasteiger partial charge in [0.05, 0.1) is 5.56 Å². The van der Waals surface area contributed by atoms with Gasteiger partial charge < -0.3 is 4.74 Å². The Morgan fingerprint density at radius 2 is 2.12 bits per heavy atom. The van der Waals surface area contributed by atoms with Crippen molar-refractivity contribution in [2.45, 2.75) is 26.7 Å². The van der Waals surface area contributed by atoms with Crippen molar-refractivity contribution in [2.24, 2.45) is 5.92 Å². The molecule has 0 spiro atoms. The molecule has 1 unspecified atom stereocenters. The van der Waals surface area contributed by atoms with Gasteiger partial charge in [-0.2, -0.15) is 0 Å². The van der Waals surface area contributed by atoms with Crippen LogP contribution in [0.15, 0.2) is 24.3 Å². The van der Waals surface area contributed by atoms with E-state index in [0.717, 1.165) is 6.42 Å². The molecule has 0 saturated heterocycles. The molecule has 0 radical (unpaired) electrons. The van der Waals surface area contributed by atoms with Gasteiger partial charge in [-0.05, 0) is 18.1 Å². The maximum atomic E-state index is 11.5. The van der Waals surface area contributed by atoms with Crippen LogP contribution < -0.4 is 4.74 Å². The van der Waals surface area contributed by atoms with Crippen LogP contribution in [0.2, 0.25) is 0 Å². The van der Waals surface area contributed by atoms with Crippen LogP contribution in [-0.2, 0) is 4.79 Å². The third-order valence-electron chi connectivity index (χ3n) is 2.48. The molecule has 0 bridgehead atoms. The summed E-state index contributed by atoms with van der Waals surface area (Å²) >= 11 is 0. The topological polar surface area (TPSA) is 43.4 Å². The number of ether oxygens (including phenoxy) is 1. The van der Waals surface area contributed by atoms with E-state index in [9.17, 15) is 9.59 Å². The Hall–Kier alpha value is -1.64. The number of rotatable bonds is 5. The van der Waals surface area contributed by atoms with Crippen LogP contribution in [0, 0.1) is 5.92 Å². The van der Waals surface area contributed by atoms with E-state index in [4.69, 9.17) is 4.74 Å². The highest BCUT2D eigenvalue weighted by Gasteiger charge is 2.11.